The maximum absolute atomic E-state index is 11.4. The van der Waals surface area contributed by atoms with Gasteiger partial charge in [0.25, 0.3) is 0 Å². The Bertz CT molecular complexity index is 373. The van der Waals surface area contributed by atoms with Crippen molar-refractivity contribution in [3.05, 3.63) is 18.3 Å². The molecule has 1 heterocycles. The molecule has 1 aliphatic rings. The Morgan fingerprint density at radius 3 is 2.88 bits per heavy atom. The second-order valence-electron chi connectivity index (χ2n) is 4.29. The van der Waals surface area contributed by atoms with E-state index in [1.807, 2.05) is 12.1 Å². The van der Waals surface area contributed by atoms with Gasteiger partial charge in [-0.3, -0.25) is 4.79 Å². The summed E-state index contributed by atoms with van der Waals surface area (Å²) < 4.78 is 0. The number of pyridine rings is 1. The first-order valence-electron chi connectivity index (χ1n) is 6.00. The molecule has 0 atom stereocenters. The van der Waals surface area contributed by atoms with E-state index in [1.54, 1.807) is 6.20 Å². The minimum atomic E-state index is -0.0362. The standard InChI is InChI=1S/C12H18N4O/c13-7-1-2-12(17)16-11-6-5-10(8-14-11)15-9-3-4-9/h5-6,8-9,15H,1-4,7,13H2,(H,14,16,17). The van der Waals surface area contributed by atoms with E-state index in [0.29, 0.717) is 31.2 Å². The zero-order valence-electron chi connectivity index (χ0n) is 9.78. The van der Waals surface area contributed by atoms with Crippen molar-refractivity contribution in [2.45, 2.75) is 31.7 Å². The average Bonchev–Trinajstić information content (AvgIpc) is 3.13. The highest BCUT2D eigenvalue weighted by atomic mass is 16.1. The van der Waals surface area contributed by atoms with E-state index in [9.17, 15) is 4.79 Å². The van der Waals surface area contributed by atoms with Crippen LogP contribution in [0.4, 0.5) is 11.5 Å². The number of amides is 1. The van der Waals surface area contributed by atoms with Crippen LogP contribution in [-0.4, -0.2) is 23.5 Å². The molecule has 1 aromatic heterocycles. The van der Waals surface area contributed by atoms with Gasteiger partial charge in [-0.15, -0.1) is 0 Å². The fraction of sp³-hybridized carbons (Fsp3) is 0.500. The third-order valence-electron chi connectivity index (χ3n) is 2.59. The Hall–Kier alpha value is -1.62. The fourth-order valence-electron chi connectivity index (χ4n) is 1.48. The van der Waals surface area contributed by atoms with Gasteiger partial charge in [-0.2, -0.15) is 0 Å². The molecule has 1 fully saturated rings. The lowest BCUT2D eigenvalue weighted by Crippen LogP contribution is -2.14. The summed E-state index contributed by atoms with van der Waals surface area (Å²) in [4.78, 5) is 15.6. The van der Waals surface area contributed by atoms with Gasteiger partial charge in [0, 0.05) is 12.5 Å². The highest BCUT2D eigenvalue weighted by Gasteiger charge is 2.20. The zero-order chi connectivity index (χ0) is 12.1. The van der Waals surface area contributed by atoms with E-state index < -0.39 is 0 Å². The summed E-state index contributed by atoms with van der Waals surface area (Å²) in [6.45, 7) is 0.533. The summed E-state index contributed by atoms with van der Waals surface area (Å²) in [7, 11) is 0. The largest absolute Gasteiger partial charge is 0.381 e. The van der Waals surface area contributed by atoms with Crippen molar-refractivity contribution in [3.8, 4) is 0 Å². The summed E-state index contributed by atoms with van der Waals surface area (Å²) in [5, 5.41) is 6.08. The number of carbonyl (C=O) groups excluding carboxylic acids is 1. The molecule has 0 aliphatic heterocycles. The quantitative estimate of drug-likeness (QED) is 0.693. The maximum Gasteiger partial charge on any atom is 0.225 e. The van der Waals surface area contributed by atoms with Gasteiger partial charge in [0.2, 0.25) is 5.91 Å². The predicted molar refractivity (Wildman–Crippen MR) is 67.8 cm³/mol. The van der Waals surface area contributed by atoms with E-state index in [2.05, 4.69) is 15.6 Å². The van der Waals surface area contributed by atoms with Gasteiger partial charge < -0.3 is 16.4 Å². The van der Waals surface area contributed by atoms with Crippen LogP contribution in [0.25, 0.3) is 0 Å². The van der Waals surface area contributed by atoms with Crippen LogP contribution in [0.2, 0.25) is 0 Å². The lowest BCUT2D eigenvalue weighted by molar-refractivity contribution is -0.116. The van der Waals surface area contributed by atoms with Crippen LogP contribution in [-0.2, 0) is 4.79 Å². The molecule has 0 bridgehead atoms. The van der Waals surface area contributed by atoms with Crippen molar-refractivity contribution in [3.63, 3.8) is 0 Å². The lowest BCUT2D eigenvalue weighted by Gasteiger charge is -2.06. The van der Waals surface area contributed by atoms with E-state index in [-0.39, 0.29) is 5.91 Å². The molecule has 0 unspecified atom stereocenters. The molecule has 1 amide bonds. The Kier molecular flexibility index (Phi) is 3.93. The number of hydrogen-bond acceptors (Lipinski definition) is 4. The average molecular weight is 234 g/mol. The van der Waals surface area contributed by atoms with E-state index in [1.165, 1.54) is 12.8 Å². The normalized spacial score (nSPS) is 14.4. The molecule has 92 valence electrons. The third kappa shape index (κ3) is 4.03. The minimum absolute atomic E-state index is 0.0362. The first kappa shape index (κ1) is 11.9. The van der Waals surface area contributed by atoms with Crippen LogP contribution >= 0.6 is 0 Å². The number of nitrogens with two attached hydrogens (primary N) is 1. The fourth-order valence-corrected chi connectivity index (χ4v) is 1.48. The smallest absolute Gasteiger partial charge is 0.225 e. The second kappa shape index (κ2) is 5.63. The molecule has 1 saturated carbocycles. The van der Waals surface area contributed by atoms with Crippen molar-refractivity contribution < 1.29 is 4.79 Å². The topological polar surface area (TPSA) is 80.0 Å². The molecule has 4 N–H and O–H groups in total. The molecule has 1 aromatic rings. The van der Waals surface area contributed by atoms with Crippen LogP contribution in [0.15, 0.2) is 18.3 Å². The Labute approximate surface area is 101 Å². The summed E-state index contributed by atoms with van der Waals surface area (Å²) in [6, 6.07) is 4.36. The van der Waals surface area contributed by atoms with Gasteiger partial charge >= 0.3 is 0 Å². The van der Waals surface area contributed by atoms with Crippen molar-refractivity contribution in [1.29, 1.82) is 0 Å². The van der Waals surface area contributed by atoms with Crippen LogP contribution in [0.3, 0.4) is 0 Å². The molecule has 5 heteroatoms. The molecular formula is C12H18N4O. The van der Waals surface area contributed by atoms with Gasteiger partial charge in [-0.25, -0.2) is 4.98 Å². The SMILES string of the molecule is NCCCC(=O)Nc1ccc(NC2CC2)cn1. The van der Waals surface area contributed by atoms with Crippen LogP contribution in [0.1, 0.15) is 25.7 Å². The monoisotopic (exact) mass is 234 g/mol. The number of hydrogen-bond donors (Lipinski definition) is 3. The highest BCUT2D eigenvalue weighted by Crippen LogP contribution is 2.24. The molecular weight excluding hydrogens is 216 g/mol. The number of nitrogens with one attached hydrogen (secondary N) is 2. The number of anilines is 2. The molecule has 17 heavy (non-hydrogen) atoms. The number of carbonyl (C=O) groups is 1. The van der Waals surface area contributed by atoms with Gasteiger partial charge in [0.15, 0.2) is 0 Å². The Morgan fingerprint density at radius 2 is 2.29 bits per heavy atom. The molecule has 0 aromatic carbocycles. The number of rotatable bonds is 6. The Balaban J connectivity index is 1.82. The second-order valence-corrected chi connectivity index (χ2v) is 4.29. The Morgan fingerprint density at radius 1 is 1.47 bits per heavy atom. The van der Waals surface area contributed by atoms with Crippen LogP contribution in [0.5, 0.6) is 0 Å². The van der Waals surface area contributed by atoms with Crippen LogP contribution in [0, 0.1) is 0 Å². The van der Waals surface area contributed by atoms with E-state index in [0.717, 1.165) is 5.69 Å². The zero-order valence-corrected chi connectivity index (χ0v) is 9.78. The first-order valence-corrected chi connectivity index (χ1v) is 6.00. The minimum Gasteiger partial charge on any atom is -0.381 e. The number of nitrogens with zero attached hydrogens (tertiary/aromatic N) is 1. The van der Waals surface area contributed by atoms with Gasteiger partial charge in [0.1, 0.15) is 5.82 Å². The summed E-state index contributed by atoms with van der Waals surface area (Å²) in [5.41, 5.74) is 6.35. The van der Waals surface area contributed by atoms with Crippen LogP contribution < -0.4 is 16.4 Å². The summed E-state index contributed by atoms with van der Waals surface area (Å²) >= 11 is 0. The molecule has 0 spiro atoms. The lowest BCUT2D eigenvalue weighted by atomic mass is 10.3. The molecule has 1 aliphatic carbocycles. The van der Waals surface area contributed by atoms with Crippen molar-refractivity contribution in [2.75, 3.05) is 17.2 Å². The highest BCUT2D eigenvalue weighted by molar-refractivity contribution is 5.89. The van der Waals surface area contributed by atoms with Gasteiger partial charge in [-0.1, -0.05) is 0 Å². The van der Waals surface area contributed by atoms with E-state index in [4.69, 9.17) is 5.73 Å². The molecule has 0 saturated heterocycles. The van der Waals surface area contributed by atoms with Gasteiger partial charge in [0.05, 0.1) is 11.9 Å². The number of aromatic nitrogens is 1. The first-order chi connectivity index (χ1) is 8.28. The van der Waals surface area contributed by atoms with Crippen molar-refractivity contribution >= 4 is 17.4 Å². The summed E-state index contributed by atoms with van der Waals surface area (Å²) in [6.07, 6.45) is 5.36. The molecule has 0 radical (unpaired) electrons. The van der Waals surface area contributed by atoms with Crippen molar-refractivity contribution in [2.24, 2.45) is 5.73 Å². The molecule has 5 nitrogen and oxygen atoms in total. The molecule has 2 rings (SSSR count). The summed E-state index contributed by atoms with van der Waals surface area (Å²) in [5.74, 6) is 0.555. The maximum atomic E-state index is 11.4. The van der Waals surface area contributed by atoms with E-state index >= 15 is 0 Å². The predicted octanol–water partition coefficient (Wildman–Crippen LogP) is 1.33. The third-order valence-corrected chi connectivity index (χ3v) is 2.59. The van der Waals surface area contributed by atoms with Crippen molar-refractivity contribution in [1.82, 2.24) is 4.98 Å². The van der Waals surface area contributed by atoms with Gasteiger partial charge in [-0.05, 0) is 37.9 Å².